The predicted octanol–water partition coefficient (Wildman–Crippen LogP) is 9.97. The van der Waals surface area contributed by atoms with Crippen molar-refractivity contribution in [3.63, 3.8) is 0 Å². The lowest BCUT2D eigenvalue weighted by Crippen LogP contribution is -2.51. The minimum Gasteiger partial charge on any atom is -0.305 e. The van der Waals surface area contributed by atoms with E-state index in [1.807, 2.05) is 60.7 Å². The summed E-state index contributed by atoms with van der Waals surface area (Å²) in [5, 5.41) is 1.17. The molecule has 1 heterocycles. The fourth-order valence-electron chi connectivity index (χ4n) is 6.71. The highest BCUT2D eigenvalue weighted by Gasteiger charge is 2.52. The van der Waals surface area contributed by atoms with Crippen LogP contribution in [0.1, 0.15) is 100 Å². The number of nitrogens with zero attached hydrogens (tertiary/aromatic N) is 2. The fourth-order valence-corrected chi connectivity index (χ4v) is 7.24. The molecule has 1 unspecified atom stereocenters. The van der Waals surface area contributed by atoms with Crippen molar-refractivity contribution in [1.29, 1.82) is 0 Å². The van der Waals surface area contributed by atoms with E-state index < -0.39 is 5.66 Å². The van der Waals surface area contributed by atoms with Gasteiger partial charge in [-0.2, -0.15) is 0 Å². The number of carbonyl (C=O) groups is 2. The third-order valence-electron chi connectivity index (χ3n) is 9.16. The summed E-state index contributed by atoms with van der Waals surface area (Å²) in [6.45, 7) is 9.12. The topological polar surface area (TPSA) is 49.7 Å². The van der Waals surface area contributed by atoms with Crippen LogP contribution in [0, 0.1) is 11.3 Å². The van der Waals surface area contributed by atoms with Gasteiger partial charge in [-0.3, -0.25) is 14.6 Å². The van der Waals surface area contributed by atoms with Crippen molar-refractivity contribution in [2.24, 2.45) is 16.3 Å². The first-order chi connectivity index (χ1) is 20.0. The van der Waals surface area contributed by atoms with Crippen LogP contribution in [0.5, 0.6) is 0 Å². The predicted molar refractivity (Wildman–Crippen MR) is 174 cm³/mol. The van der Waals surface area contributed by atoms with Gasteiger partial charge in [0.25, 0.3) is 5.91 Å². The van der Waals surface area contributed by atoms with Crippen LogP contribution in [0.15, 0.2) is 71.7 Å². The van der Waals surface area contributed by atoms with Gasteiger partial charge in [-0.1, -0.05) is 112 Å². The van der Waals surface area contributed by atoms with Crippen molar-refractivity contribution in [3.05, 3.63) is 93.5 Å². The minimum absolute atomic E-state index is 0.0108. The summed E-state index contributed by atoms with van der Waals surface area (Å²) >= 11 is 12.5. The molecule has 1 saturated carbocycles. The molecule has 0 bridgehead atoms. The van der Waals surface area contributed by atoms with Gasteiger partial charge in [0.15, 0.2) is 0 Å². The Labute approximate surface area is 260 Å². The second-order valence-electron chi connectivity index (χ2n) is 12.9. The van der Waals surface area contributed by atoms with E-state index in [-0.39, 0.29) is 17.4 Å². The highest BCUT2D eigenvalue weighted by atomic mass is 35.5. The van der Waals surface area contributed by atoms with E-state index in [0.717, 1.165) is 73.5 Å². The van der Waals surface area contributed by atoms with E-state index in [1.165, 1.54) is 0 Å². The summed E-state index contributed by atoms with van der Waals surface area (Å²) < 4.78 is 0. The van der Waals surface area contributed by atoms with Crippen LogP contribution in [0.2, 0.25) is 10.0 Å². The van der Waals surface area contributed by atoms with E-state index in [4.69, 9.17) is 28.2 Å². The summed E-state index contributed by atoms with van der Waals surface area (Å²) in [7, 11) is 0. The summed E-state index contributed by atoms with van der Waals surface area (Å²) in [6, 6.07) is 21.1. The Morgan fingerprint density at radius 3 is 2.07 bits per heavy atom. The molecular formula is C36H40Cl2N2O2. The average Bonchev–Trinajstić information content (AvgIpc) is 3.24. The molecule has 1 amide bonds. The number of unbranched alkanes of at least 4 members (excludes halogenated alkanes) is 1. The van der Waals surface area contributed by atoms with Crippen molar-refractivity contribution < 1.29 is 9.59 Å². The highest BCUT2D eigenvalue weighted by Crippen LogP contribution is 2.50. The van der Waals surface area contributed by atoms with Gasteiger partial charge >= 0.3 is 0 Å². The molecule has 3 aromatic carbocycles. The van der Waals surface area contributed by atoms with Crippen molar-refractivity contribution in [2.45, 2.75) is 84.3 Å². The van der Waals surface area contributed by atoms with Gasteiger partial charge in [0.05, 0.1) is 6.04 Å². The molecule has 1 fully saturated rings. The molecule has 6 heteroatoms. The number of aliphatic imine (C=N–C) groups is 1. The molecule has 1 atom stereocenters. The van der Waals surface area contributed by atoms with E-state index in [9.17, 15) is 9.59 Å². The van der Waals surface area contributed by atoms with Gasteiger partial charge in [-0.05, 0) is 78.3 Å². The van der Waals surface area contributed by atoms with Crippen molar-refractivity contribution >= 4 is 41.1 Å². The Bertz CT molecular complexity index is 1440. The van der Waals surface area contributed by atoms with Crippen LogP contribution < -0.4 is 0 Å². The number of halogens is 2. The number of hydrogen-bond acceptors (Lipinski definition) is 3. The SMILES string of the molecule is CCCCC(c1ccc(C=O)cc1)N1C(=O)C(c2ccc(-c3cc(Cl)cc(Cl)c3)cc2)=NC12CCC(C(C)(C)C)CC2. The molecule has 5 rings (SSSR count). The summed E-state index contributed by atoms with van der Waals surface area (Å²) in [4.78, 5) is 33.3. The molecule has 4 nitrogen and oxygen atoms in total. The van der Waals surface area contributed by atoms with Crippen LogP contribution in [-0.4, -0.2) is 28.5 Å². The van der Waals surface area contributed by atoms with Gasteiger partial charge in [0.2, 0.25) is 0 Å². The molecule has 1 aliphatic carbocycles. The normalized spacial score (nSPS) is 21.5. The Hall–Kier alpha value is -2.95. The van der Waals surface area contributed by atoms with Gasteiger partial charge < -0.3 is 4.90 Å². The van der Waals surface area contributed by atoms with Crippen LogP contribution in [0.25, 0.3) is 11.1 Å². The maximum absolute atomic E-state index is 14.5. The zero-order chi connectivity index (χ0) is 30.1. The lowest BCUT2D eigenvalue weighted by atomic mass is 9.69. The molecule has 0 aromatic heterocycles. The molecule has 0 N–H and O–H groups in total. The molecule has 1 aliphatic heterocycles. The van der Waals surface area contributed by atoms with Crippen molar-refractivity contribution in [1.82, 2.24) is 4.90 Å². The van der Waals surface area contributed by atoms with Crippen molar-refractivity contribution in [2.75, 3.05) is 0 Å². The molecule has 220 valence electrons. The number of rotatable bonds is 8. The van der Waals surface area contributed by atoms with E-state index in [1.54, 1.807) is 6.07 Å². The number of benzene rings is 3. The highest BCUT2D eigenvalue weighted by molar-refractivity contribution is 6.46. The van der Waals surface area contributed by atoms with Crippen LogP contribution in [-0.2, 0) is 4.79 Å². The molecule has 1 spiro atoms. The first kappa shape index (κ1) is 30.5. The number of carbonyl (C=O) groups excluding carboxylic acids is 2. The Kier molecular flexibility index (Phi) is 8.97. The largest absolute Gasteiger partial charge is 0.305 e. The smallest absolute Gasteiger partial charge is 0.275 e. The van der Waals surface area contributed by atoms with E-state index in [2.05, 4.69) is 32.6 Å². The summed E-state index contributed by atoms with van der Waals surface area (Å²) in [6.07, 6.45) is 7.50. The number of hydrogen-bond donors (Lipinski definition) is 0. The first-order valence-electron chi connectivity index (χ1n) is 15.1. The second-order valence-corrected chi connectivity index (χ2v) is 13.8. The Morgan fingerprint density at radius 2 is 1.52 bits per heavy atom. The van der Waals surface area contributed by atoms with E-state index in [0.29, 0.717) is 27.2 Å². The maximum Gasteiger partial charge on any atom is 0.275 e. The third-order valence-corrected chi connectivity index (χ3v) is 9.59. The second kappa shape index (κ2) is 12.3. The number of amides is 1. The summed E-state index contributed by atoms with van der Waals surface area (Å²) in [5.74, 6) is 0.576. The van der Waals surface area contributed by atoms with Crippen LogP contribution >= 0.6 is 23.2 Å². The average molecular weight is 604 g/mol. The minimum atomic E-state index is -0.574. The van der Waals surface area contributed by atoms with Gasteiger partial charge in [0, 0.05) is 21.2 Å². The molecule has 42 heavy (non-hydrogen) atoms. The Morgan fingerprint density at radius 1 is 0.929 bits per heavy atom. The van der Waals surface area contributed by atoms with Gasteiger partial charge in [-0.15, -0.1) is 0 Å². The quantitative estimate of drug-likeness (QED) is 0.241. The number of aldehydes is 1. The summed E-state index contributed by atoms with van der Waals surface area (Å²) in [5.41, 5.74) is 4.59. The maximum atomic E-state index is 14.5. The van der Waals surface area contributed by atoms with Gasteiger partial charge in [0.1, 0.15) is 17.7 Å². The lowest BCUT2D eigenvalue weighted by molar-refractivity contribution is -0.133. The third kappa shape index (κ3) is 6.21. The zero-order valence-corrected chi connectivity index (χ0v) is 26.5. The molecule has 2 aliphatic rings. The molecule has 0 radical (unpaired) electrons. The monoisotopic (exact) mass is 602 g/mol. The van der Waals surface area contributed by atoms with E-state index >= 15 is 0 Å². The lowest BCUT2D eigenvalue weighted by Gasteiger charge is -2.47. The molecule has 3 aromatic rings. The molecular weight excluding hydrogens is 563 g/mol. The fraction of sp³-hybridized carbons (Fsp3) is 0.417. The van der Waals surface area contributed by atoms with Crippen LogP contribution in [0.4, 0.5) is 0 Å². The Balaban J connectivity index is 1.54. The standard InChI is InChI=1S/C36H40Cl2N2O2/c1-5-6-7-32(26-10-8-24(23-41)9-11-26)40-34(42)33(39-36(40)18-16-29(17-19-36)35(2,3)4)27-14-12-25(13-15-27)28-20-30(37)22-31(38)21-28/h8-15,20-23,29,32H,5-7,16-19H2,1-4H3. The molecule has 0 saturated heterocycles. The van der Waals surface area contributed by atoms with Crippen molar-refractivity contribution in [3.8, 4) is 11.1 Å². The zero-order valence-electron chi connectivity index (χ0n) is 25.0. The van der Waals surface area contributed by atoms with Gasteiger partial charge in [-0.25, -0.2) is 0 Å². The first-order valence-corrected chi connectivity index (χ1v) is 15.9. The van der Waals surface area contributed by atoms with Crippen LogP contribution in [0.3, 0.4) is 0 Å².